The number of allylic oxidation sites excluding steroid dienone is 6. The molecule has 160 valence electrons. The molecule has 0 spiro atoms. The predicted molar refractivity (Wildman–Crippen MR) is 115 cm³/mol. The highest BCUT2D eigenvalue weighted by atomic mass is 16.6. The molecule has 0 saturated carbocycles. The predicted octanol–water partition coefficient (Wildman–Crippen LogP) is 5.78. The van der Waals surface area contributed by atoms with Crippen LogP contribution < -0.4 is 0 Å². The molecule has 28 heavy (non-hydrogen) atoms. The summed E-state index contributed by atoms with van der Waals surface area (Å²) in [6.07, 6.45) is 14.0. The summed E-state index contributed by atoms with van der Waals surface area (Å²) in [5.41, 5.74) is 4.24. The maximum atomic E-state index is 12.3. The average Bonchev–Trinajstić information content (AvgIpc) is 2.67. The van der Waals surface area contributed by atoms with Crippen molar-refractivity contribution in [1.82, 2.24) is 0 Å². The molecule has 1 atom stereocenters. The quantitative estimate of drug-likeness (QED) is 0.213. The first kappa shape index (κ1) is 24.6. The van der Waals surface area contributed by atoms with E-state index in [9.17, 15) is 4.79 Å². The Bertz CT molecular complexity index is 527. The van der Waals surface area contributed by atoms with Crippen molar-refractivity contribution in [2.45, 2.75) is 72.6 Å². The van der Waals surface area contributed by atoms with Gasteiger partial charge < -0.3 is 14.2 Å². The molecule has 0 amide bonds. The molecule has 1 aliphatic rings. The molecule has 0 fully saturated rings. The lowest BCUT2D eigenvalue weighted by molar-refractivity contribution is -0.150. The molecule has 0 bridgehead atoms. The van der Waals surface area contributed by atoms with E-state index in [2.05, 4.69) is 39.0 Å². The van der Waals surface area contributed by atoms with E-state index in [0.29, 0.717) is 33.0 Å². The third-order valence-electron chi connectivity index (χ3n) is 4.89. The largest absolute Gasteiger partial charge is 0.463 e. The molecule has 0 saturated heterocycles. The van der Waals surface area contributed by atoms with E-state index >= 15 is 0 Å². The van der Waals surface area contributed by atoms with Crippen LogP contribution in [0.3, 0.4) is 0 Å². The van der Waals surface area contributed by atoms with Crippen molar-refractivity contribution in [3.05, 3.63) is 34.9 Å². The zero-order valence-corrected chi connectivity index (χ0v) is 18.4. The third kappa shape index (κ3) is 12.1. The molecule has 4 heteroatoms. The summed E-state index contributed by atoms with van der Waals surface area (Å²) in [7, 11) is 0. The zero-order chi connectivity index (χ0) is 20.6. The maximum absolute atomic E-state index is 12.3. The van der Waals surface area contributed by atoms with Crippen LogP contribution in [0.1, 0.15) is 72.6 Å². The van der Waals surface area contributed by atoms with Crippen molar-refractivity contribution >= 4 is 5.97 Å². The molecule has 1 rings (SSSR count). The van der Waals surface area contributed by atoms with Gasteiger partial charge in [0.05, 0.1) is 25.7 Å². The van der Waals surface area contributed by atoms with Crippen LogP contribution in [0.4, 0.5) is 0 Å². The summed E-state index contributed by atoms with van der Waals surface area (Å²) < 4.78 is 16.0. The summed E-state index contributed by atoms with van der Waals surface area (Å²) >= 11 is 0. The molecule has 0 aromatic rings. The summed E-state index contributed by atoms with van der Waals surface area (Å²) in [6, 6.07) is 0. The van der Waals surface area contributed by atoms with Gasteiger partial charge in [-0.15, -0.1) is 0 Å². The molecule has 0 N–H and O–H groups in total. The Hall–Kier alpha value is -1.39. The minimum Gasteiger partial charge on any atom is -0.463 e. The Morgan fingerprint density at radius 3 is 2.57 bits per heavy atom. The standard InChI is InChI=1S/C24H40O4/c1-5-26-15-16-27-17-18-28-24(25)23-14-8-13-22(19-23)12-7-11-21(4)10-6-9-20(2)3/h9,11,13,23H,5-8,10,12,14-19H2,1-4H3. The van der Waals surface area contributed by atoms with E-state index in [1.165, 1.54) is 16.7 Å². The number of ether oxygens (including phenoxy) is 3. The van der Waals surface area contributed by atoms with Gasteiger partial charge in [-0.3, -0.25) is 4.79 Å². The van der Waals surface area contributed by atoms with E-state index in [-0.39, 0.29) is 11.9 Å². The van der Waals surface area contributed by atoms with Gasteiger partial charge in [0.15, 0.2) is 0 Å². The van der Waals surface area contributed by atoms with E-state index in [1.54, 1.807) is 0 Å². The highest BCUT2D eigenvalue weighted by Crippen LogP contribution is 2.28. The summed E-state index contributed by atoms with van der Waals surface area (Å²) in [6.45, 7) is 11.0. The van der Waals surface area contributed by atoms with Crippen molar-refractivity contribution in [2.75, 3.05) is 33.0 Å². The number of hydrogen-bond donors (Lipinski definition) is 0. The van der Waals surface area contributed by atoms with E-state index < -0.39 is 0 Å². The van der Waals surface area contributed by atoms with Crippen LogP contribution in [0.2, 0.25) is 0 Å². The number of carbonyl (C=O) groups is 1. The Kier molecular flexibility index (Phi) is 13.7. The normalized spacial score (nSPS) is 17.2. The second-order valence-electron chi connectivity index (χ2n) is 7.73. The zero-order valence-electron chi connectivity index (χ0n) is 18.4. The second-order valence-corrected chi connectivity index (χ2v) is 7.73. The molecule has 0 aliphatic heterocycles. The van der Waals surface area contributed by atoms with Crippen LogP contribution in [-0.4, -0.2) is 39.0 Å². The van der Waals surface area contributed by atoms with Crippen LogP contribution in [0.25, 0.3) is 0 Å². The summed E-state index contributed by atoms with van der Waals surface area (Å²) in [5.74, 6) is -0.0707. The van der Waals surface area contributed by atoms with Gasteiger partial charge in [0, 0.05) is 6.61 Å². The topological polar surface area (TPSA) is 44.8 Å². The van der Waals surface area contributed by atoms with E-state index in [1.807, 2.05) is 6.92 Å². The Balaban J connectivity index is 2.21. The highest BCUT2D eigenvalue weighted by molar-refractivity contribution is 5.73. The molecule has 1 aliphatic carbocycles. The van der Waals surface area contributed by atoms with Crippen LogP contribution in [-0.2, 0) is 19.0 Å². The molecule has 0 aromatic heterocycles. The van der Waals surface area contributed by atoms with Crippen LogP contribution in [0.5, 0.6) is 0 Å². The fraction of sp³-hybridized carbons (Fsp3) is 0.708. The smallest absolute Gasteiger partial charge is 0.309 e. The van der Waals surface area contributed by atoms with Crippen LogP contribution in [0, 0.1) is 5.92 Å². The van der Waals surface area contributed by atoms with Gasteiger partial charge in [0.25, 0.3) is 0 Å². The lowest BCUT2D eigenvalue weighted by Gasteiger charge is -2.21. The maximum Gasteiger partial charge on any atom is 0.309 e. The molecule has 0 aromatic carbocycles. The Morgan fingerprint density at radius 2 is 1.82 bits per heavy atom. The van der Waals surface area contributed by atoms with Gasteiger partial charge in [-0.25, -0.2) is 0 Å². The fourth-order valence-electron chi connectivity index (χ4n) is 3.27. The fourth-order valence-corrected chi connectivity index (χ4v) is 3.27. The van der Waals surface area contributed by atoms with Crippen molar-refractivity contribution in [3.63, 3.8) is 0 Å². The lowest BCUT2D eigenvalue weighted by Crippen LogP contribution is -2.22. The highest BCUT2D eigenvalue weighted by Gasteiger charge is 2.23. The number of esters is 1. The van der Waals surface area contributed by atoms with E-state index in [0.717, 1.165) is 44.9 Å². The lowest BCUT2D eigenvalue weighted by atomic mass is 9.87. The Morgan fingerprint density at radius 1 is 1.07 bits per heavy atom. The first-order chi connectivity index (χ1) is 13.5. The van der Waals surface area contributed by atoms with Crippen molar-refractivity contribution in [3.8, 4) is 0 Å². The number of rotatable bonds is 14. The van der Waals surface area contributed by atoms with Gasteiger partial charge >= 0.3 is 5.97 Å². The summed E-state index contributed by atoms with van der Waals surface area (Å²) in [4.78, 5) is 12.3. The Labute approximate surface area is 172 Å². The van der Waals surface area contributed by atoms with Gasteiger partial charge in [-0.2, -0.15) is 0 Å². The van der Waals surface area contributed by atoms with Gasteiger partial charge in [0.2, 0.25) is 0 Å². The molecule has 4 nitrogen and oxygen atoms in total. The SMILES string of the molecule is CCOCCOCCOC(=O)C1CCC=C(CCC=C(C)CCC=C(C)C)C1. The van der Waals surface area contributed by atoms with E-state index in [4.69, 9.17) is 14.2 Å². The van der Waals surface area contributed by atoms with Crippen molar-refractivity contribution in [2.24, 2.45) is 5.92 Å². The summed E-state index contributed by atoms with van der Waals surface area (Å²) in [5, 5.41) is 0. The molecule has 0 radical (unpaired) electrons. The monoisotopic (exact) mass is 392 g/mol. The third-order valence-corrected chi connectivity index (χ3v) is 4.89. The molecular weight excluding hydrogens is 352 g/mol. The van der Waals surface area contributed by atoms with Gasteiger partial charge in [-0.1, -0.05) is 34.9 Å². The second kappa shape index (κ2) is 15.5. The van der Waals surface area contributed by atoms with Crippen molar-refractivity contribution in [1.29, 1.82) is 0 Å². The van der Waals surface area contributed by atoms with Crippen LogP contribution in [0.15, 0.2) is 34.9 Å². The van der Waals surface area contributed by atoms with Gasteiger partial charge in [-0.05, 0) is 72.6 Å². The van der Waals surface area contributed by atoms with Crippen molar-refractivity contribution < 1.29 is 19.0 Å². The average molecular weight is 393 g/mol. The first-order valence-electron chi connectivity index (χ1n) is 10.8. The minimum absolute atomic E-state index is 0.00571. The minimum atomic E-state index is -0.0764. The molecule has 0 heterocycles. The van der Waals surface area contributed by atoms with Gasteiger partial charge in [0.1, 0.15) is 6.61 Å². The number of hydrogen-bond acceptors (Lipinski definition) is 4. The first-order valence-corrected chi connectivity index (χ1v) is 10.8. The molecule has 1 unspecified atom stereocenters. The molecular formula is C24H40O4. The van der Waals surface area contributed by atoms with Crippen LogP contribution >= 0.6 is 0 Å². The number of carbonyl (C=O) groups excluding carboxylic acids is 1.